The molecule has 0 aliphatic carbocycles. The van der Waals surface area contributed by atoms with Gasteiger partial charge in [-0.05, 0) is 44.5 Å². The number of benzene rings is 1. The van der Waals surface area contributed by atoms with Crippen molar-refractivity contribution < 1.29 is 37.4 Å². The maximum absolute atomic E-state index is 12.6. The van der Waals surface area contributed by atoms with Gasteiger partial charge in [-0.2, -0.15) is 8.78 Å². The van der Waals surface area contributed by atoms with Crippen molar-refractivity contribution in [3.63, 3.8) is 0 Å². The van der Waals surface area contributed by atoms with Crippen LogP contribution in [0.4, 0.5) is 8.78 Å². The summed E-state index contributed by atoms with van der Waals surface area (Å²) in [6.45, 7) is 1.52. The van der Waals surface area contributed by atoms with Crippen LogP contribution < -0.4 is 4.74 Å². The molecule has 28 heavy (non-hydrogen) atoms. The molecule has 1 heterocycles. The van der Waals surface area contributed by atoms with Crippen molar-refractivity contribution in [2.24, 2.45) is 0 Å². The van der Waals surface area contributed by atoms with E-state index in [4.69, 9.17) is 9.47 Å². The van der Waals surface area contributed by atoms with Crippen LogP contribution in [0.15, 0.2) is 24.3 Å². The second-order valence-electron chi connectivity index (χ2n) is 5.93. The Morgan fingerprint density at radius 3 is 2.39 bits per heavy atom. The zero-order chi connectivity index (χ0) is 21.0. The fourth-order valence-electron chi connectivity index (χ4n) is 2.69. The first-order valence-electron chi connectivity index (χ1n) is 8.23. The van der Waals surface area contributed by atoms with E-state index in [2.05, 4.69) is 9.72 Å². The number of rotatable bonds is 7. The molecule has 0 fully saturated rings. The molecule has 0 unspecified atom stereocenters. The van der Waals surface area contributed by atoms with Crippen molar-refractivity contribution in [1.82, 2.24) is 4.98 Å². The summed E-state index contributed by atoms with van der Waals surface area (Å²) in [7, 11) is 1.23. The molecule has 7 nitrogen and oxygen atoms in total. The number of ether oxygens (including phenoxy) is 3. The fraction of sp³-hybridized carbons (Fsp3) is 0.316. The van der Waals surface area contributed by atoms with Gasteiger partial charge in [0.2, 0.25) is 5.78 Å². The molecular formula is C19H19F2NO6. The van der Waals surface area contributed by atoms with Crippen molar-refractivity contribution in [2.45, 2.75) is 33.5 Å². The lowest BCUT2D eigenvalue weighted by Crippen LogP contribution is -2.25. The molecule has 0 saturated heterocycles. The third-order valence-corrected chi connectivity index (χ3v) is 4.02. The lowest BCUT2D eigenvalue weighted by atomic mass is 10.1. The van der Waals surface area contributed by atoms with Crippen LogP contribution in [0.25, 0.3) is 0 Å². The molecule has 9 heteroatoms. The van der Waals surface area contributed by atoms with Crippen molar-refractivity contribution in [3.05, 3.63) is 52.3 Å². The summed E-state index contributed by atoms with van der Waals surface area (Å²) in [5.74, 6) is -2.23. The van der Waals surface area contributed by atoms with Gasteiger partial charge < -0.3 is 19.2 Å². The number of H-pyrrole nitrogens is 1. The number of alkyl halides is 2. The summed E-state index contributed by atoms with van der Waals surface area (Å²) >= 11 is 0. The number of esters is 2. The van der Waals surface area contributed by atoms with Crippen molar-refractivity contribution in [3.8, 4) is 5.75 Å². The number of halogens is 2. The van der Waals surface area contributed by atoms with Gasteiger partial charge in [0.05, 0.1) is 23.9 Å². The average Bonchev–Trinajstić information content (AvgIpc) is 2.94. The first kappa shape index (κ1) is 21.1. The average molecular weight is 395 g/mol. The topological polar surface area (TPSA) is 94.7 Å². The van der Waals surface area contributed by atoms with Crippen LogP contribution in [-0.2, 0) is 9.47 Å². The van der Waals surface area contributed by atoms with E-state index in [0.29, 0.717) is 11.3 Å². The predicted molar refractivity (Wildman–Crippen MR) is 93.9 cm³/mol. The lowest BCUT2D eigenvalue weighted by Gasteiger charge is -2.13. The van der Waals surface area contributed by atoms with E-state index in [0.717, 1.165) is 6.07 Å². The van der Waals surface area contributed by atoms with Gasteiger partial charge in [0.1, 0.15) is 5.75 Å². The standard InChI is InChI=1S/C19H19F2NO6/c1-9-14(18(25)26-4)10(2)22-15(9)16(23)11(3)27-17(24)12-6-5-7-13(8-12)28-19(20)21/h5-8,11,19,22H,1-4H3/t11-/m0/s1. The van der Waals surface area contributed by atoms with Crippen molar-refractivity contribution in [2.75, 3.05) is 7.11 Å². The van der Waals surface area contributed by atoms with E-state index in [1.807, 2.05) is 0 Å². The summed E-state index contributed by atoms with van der Waals surface area (Å²) in [6, 6.07) is 5.04. The Kier molecular flexibility index (Phi) is 6.50. The van der Waals surface area contributed by atoms with Crippen LogP contribution in [0.2, 0.25) is 0 Å². The minimum atomic E-state index is -3.03. The van der Waals surface area contributed by atoms with Gasteiger partial charge >= 0.3 is 18.6 Å². The highest BCUT2D eigenvalue weighted by Crippen LogP contribution is 2.22. The predicted octanol–water partition coefficient (Wildman–Crippen LogP) is 3.45. The lowest BCUT2D eigenvalue weighted by molar-refractivity contribution is -0.0499. The van der Waals surface area contributed by atoms with Crippen LogP contribution >= 0.6 is 0 Å². The van der Waals surface area contributed by atoms with Crippen molar-refractivity contribution in [1.29, 1.82) is 0 Å². The van der Waals surface area contributed by atoms with Crippen LogP contribution in [0.5, 0.6) is 5.75 Å². The Morgan fingerprint density at radius 1 is 1.11 bits per heavy atom. The number of hydrogen-bond acceptors (Lipinski definition) is 6. The number of carbonyl (C=O) groups excluding carboxylic acids is 3. The molecule has 0 radical (unpaired) electrons. The summed E-state index contributed by atoms with van der Waals surface area (Å²) < 4.78 is 38.6. The van der Waals surface area contributed by atoms with E-state index < -0.39 is 30.4 Å². The fourth-order valence-corrected chi connectivity index (χ4v) is 2.69. The second kappa shape index (κ2) is 8.64. The molecular weight excluding hydrogens is 376 g/mol. The molecule has 0 aliphatic rings. The highest BCUT2D eigenvalue weighted by atomic mass is 19.3. The molecule has 150 valence electrons. The molecule has 1 N–H and O–H groups in total. The minimum absolute atomic E-state index is 0.0487. The molecule has 0 spiro atoms. The number of hydrogen-bond donors (Lipinski definition) is 1. The Hall–Kier alpha value is -3.23. The largest absolute Gasteiger partial charge is 0.465 e. The summed E-state index contributed by atoms with van der Waals surface area (Å²) in [6.07, 6.45) is -1.19. The smallest absolute Gasteiger partial charge is 0.387 e. The second-order valence-corrected chi connectivity index (χ2v) is 5.93. The van der Waals surface area contributed by atoms with Gasteiger partial charge in [-0.1, -0.05) is 6.07 Å². The van der Waals surface area contributed by atoms with E-state index in [1.54, 1.807) is 13.8 Å². The normalized spacial score (nSPS) is 11.8. The zero-order valence-electron chi connectivity index (χ0n) is 15.7. The number of carbonyl (C=O) groups is 3. The number of ketones is 1. The number of methoxy groups -OCH3 is 1. The third kappa shape index (κ3) is 4.54. The van der Waals surface area contributed by atoms with Crippen LogP contribution in [0.3, 0.4) is 0 Å². The van der Waals surface area contributed by atoms with Crippen LogP contribution in [-0.4, -0.2) is 42.5 Å². The number of aromatic nitrogens is 1. The third-order valence-electron chi connectivity index (χ3n) is 4.02. The highest BCUT2D eigenvalue weighted by molar-refractivity contribution is 6.04. The van der Waals surface area contributed by atoms with Crippen LogP contribution in [0.1, 0.15) is 49.4 Å². The summed E-state index contributed by atoms with van der Waals surface area (Å²) in [5, 5.41) is 0. The number of nitrogens with one attached hydrogen (secondary N) is 1. The molecule has 1 aromatic heterocycles. The molecule has 0 aliphatic heterocycles. The highest BCUT2D eigenvalue weighted by Gasteiger charge is 2.27. The zero-order valence-corrected chi connectivity index (χ0v) is 15.7. The van der Waals surface area contributed by atoms with Gasteiger partial charge in [0, 0.05) is 5.69 Å². The Balaban J connectivity index is 2.17. The van der Waals surface area contributed by atoms with Gasteiger partial charge in [0.15, 0.2) is 6.10 Å². The first-order valence-corrected chi connectivity index (χ1v) is 8.23. The molecule has 0 amide bonds. The van der Waals surface area contributed by atoms with Gasteiger partial charge in [-0.15, -0.1) is 0 Å². The van der Waals surface area contributed by atoms with Gasteiger partial charge in [0.25, 0.3) is 0 Å². The van der Waals surface area contributed by atoms with E-state index in [-0.39, 0.29) is 22.6 Å². The number of aromatic amines is 1. The Bertz CT molecular complexity index is 906. The molecule has 0 bridgehead atoms. The minimum Gasteiger partial charge on any atom is -0.465 e. The Morgan fingerprint density at radius 2 is 1.79 bits per heavy atom. The molecule has 1 atom stereocenters. The quantitative estimate of drug-likeness (QED) is 0.570. The molecule has 2 aromatic rings. The first-order chi connectivity index (χ1) is 13.1. The number of Topliss-reactive ketones (excluding diaryl/α,β-unsaturated/α-hetero) is 1. The van der Waals surface area contributed by atoms with E-state index in [1.165, 1.54) is 32.2 Å². The molecule has 0 saturated carbocycles. The summed E-state index contributed by atoms with van der Waals surface area (Å²) in [4.78, 5) is 39.5. The molecule has 1 aromatic carbocycles. The monoisotopic (exact) mass is 395 g/mol. The van der Waals surface area contributed by atoms with Crippen LogP contribution in [0, 0.1) is 13.8 Å². The van der Waals surface area contributed by atoms with Crippen molar-refractivity contribution >= 4 is 17.7 Å². The summed E-state index contributed by atoms with van der Waals surface area (Å²) in [5.41, 5.74) is 1.13. The molecule has 2 rings (SSSR count). The van der Waals surface area contributed by atoms with Gasteiger partial charge in [-0.25, -0.2) is 9.59 Å². The Labute approximate surface area is 159 Å². The SMILES string of the molecule is COC(=O)c1c(C)[nH]c(C(=O)[C@H](C)OC(=O)c2cccc(OC(F)F)c2)c1C. The maximum Gasteiger partial charge on any atom is 0.387 e. The van der Waals surface area contributed by atoms with E-state index >= 15 is 0 Å². The maximum atomic E-state index is 12.6. The van der Waals surface area contributed by atoms with E-state index in [9.17, 15) is 23.2 Å². The number of aryl methyl sites for hydroxylation is 1. The van der Waals surface area contributed by atoms with Gasteiger partial charge in [-0.3, -0.25) is 4.79 Å².